The number of nitrogens with one attached hydrogen (secondary N) is 2. The van der Waals surface area contributed by atoms with Crippen LogP contribution in [0.15, 0.2) is 22.7 Å². The van der Waals surface area contributed by atoms with Gasteiger partial charge in [-0.3, -0.25) is 9.78 Å². The molecule has 5 rings (SSSR count). The van der Waals surface area contributed by atoms with E-state index >= 15 is 0 Å². The molecule has 3 atom stereocenters. The number of fused-ring (bicyclic) bond motifs is 3. The highest BCUT2D eigenvalue weighted by Gasteiger charge is 2.39. The fourth-order valence-corrected chi connectivity index (χ4v) is 4.36. The zero-order chi connectivity index (χ0) is 16.1. The van der Waals surface area contributed by atoms with E-state index in [1.54, 1.807) is 12.3 Å². The maximum atomic E-state index is 12.5. The molecule has 1 amide bonds. The molecule has 2 aromatic rings. The molecule has 5 heterocycles. The second-order valence-electron chi connectivity index (χ2n) is 7.25. The van der Waals surface area contributed by atoms with Crippen LogP contribution in [0.3, 0.4) is 0 Å². The molecule has 0 unspecified atom stereocenters. The molecule has 0 aromatic carbocycles. The lowest BCUT2D eigenvalue weighted by atomic mass is 9.95. The Hall–Kier alpha value is -2.08. The van der Waals surface area contributed by atoms with Crippen LogP contribution in [0.25, 0.3) is 11.0 Å². The van der Waals surface area contributed by atoms with Crippen molar-refractivity contribution in [3.8, 4) is 0 Å². The standard InChI is InChI=1S/C18H22N4O2/c23-18(21-14-8-12-3-4-13(14)20-12)15-9-16-11(10-19-15)7-17(24-16)22-5-1-2-6-22/h7,9-10,12-14,20H,1-6,8H2,(H,21,23)/t12-,13+,14-/m1/s1. The minimum atomic E-state index is -0.102. The zero-order valence-electron chi connectivity index (χ0n) is 13.6. The molecule has 3 aliphatic heterocycles. The van der Waals surface area contributed by atoms with Crippen LogP contribution < -0.4 is 15.5 Å². The number of nitrogens with zero attached hydrogens (tertiary/aromatic N) is 2. The summed E-state index contributed by atoms with van der Waals surface area (Å²) in [5.41, 5.74) is 1.18. The summed E-state index contributed by atoms with van der Waals surface area (Å²) >= 11 is 0. The number of carbonyl (C=O) groups is 1. The molecule has 6 heteroatoms. The fourth-order valence-electron chi connectivity index (χ4n) is 4.36. The van der Waals surface area contributed by atoms with E-state index in [1.807, 2.05) is 6.07 Å². The first-order chi connectivity index (χ1) is 11.8. The Morgan fingerprint density at radius 3 is 2.92 bits per heavy atom. The van der Waals surface area contributed by atoms with Gasteiger partial charge in [-0.15, -0.1) is 0 Å². The van der Waals surface area contributed by atoms with Crippen LogP contribution in [0.2, 0.25) is 0 Å². The van der Waals surface area contributed by atoms with E-state index < -0.39 is 0 Å². The monoisotopic (exact) mass is 326 g/mol. The van der Waals surface area contributed by atoms with Crippen molar-refractivity contribution in [3.63, 3.8) is 0 Å². The average Bonchev–Trinajstić information content (AvgIpc) is 3.35. The molecule has 6 nitrogen and oxygen atoms in total. The number of amides is 1. The van der Waals surface area contributed by atoms with Gasteiger partial charge in [-0.2, -0.15) is 0 Å². The number of carbonyl (C=O) groups excluding carboxylic acids is 1. The predicted octanol–water partition coefficient (Wildman–Crippen LogP) is 2.05. The molecule has 0 saturated carbocycles. The van der Waals surface area contributed by atoms with E-state index in [-0.39, 0.29) is 11.9 Å². The quantitative estimate of drug-likeness (QED) is 0.903. The van der Waals surface area contributed by atoms with Gasteiger partial charge in [-0.05, 0) is 32.1 Å². The average molecular weight is 326 g/mol. The van der Waals surface area contributed by atoms with Crippen molar-refractivity contribution >= 4 is 22.8 Å². The van der Waals surface area contributed by atoms with E-state index in [2.05, 4.69) is 20.5 Å². The highest BCUT2D eigenvalue weighted by atomic mass is 16.4. The molecular formula is C18H22N4O2. The Morgan fingerprint density at radius 2 is 2.17 bits per heavy atom. The Bertz CT molecular complexity index is 780. The van der Waals surface area contributed by atoms with Crippen molar-refractivity contribution < 1.29 is 9.21 Å². The molecular weight excluding hydrogens is 304 g/mol. The van der Waals surface area contributed by atoms with E-state index in [0.29, 0.717) is 17.8 Å². The molecule has 0 spiro atoms. The maximum Gasteiger partial charge on any atom is 0.270 e. The molecule has 0 aliphatic carbocycles. The highest BCUT2D eigenvalue weighted by Crippen LogP contribution is 2.30. The second-order valence-corrected chi connectivity index (χ2v) is 7.25. The van der Waals surface area contributed by atoms with Crippen molar-refractivity contribution in [3.05, 3.63) is 24.0 Å². The number of hydrogen-bond acceptors (Lipinski definition) is 5. The van der Waals surface area contributed by atoms with E-state index in [9.17, 15) is 4.79 Å². The first kappa shape index (κ1) is 14.3. The number of pyridine rings is 1. The Labute approximate surface area is 140 Å². The molecule has 3 saturated heterocycles. The highest BCUT2D eigenvalue weighted by molar-refractivity contribution is 5.96. The van der Waals surface area contributed by atoms with Crippen LogP contribution in [-0.2, 0) is 0 Å². The van der Waals surface area contributed by atoms with Crippen LogP contribution in [-0.4, -0.2) is 42.1 Å². The summed E-state index contributed by atoms with van der Waals surface area (Å²) in [4.78, 5) is 19.1. The molecule has 0 radical (unpaired) electrons. The van der Waals surface area contributed by atoms with E-state index in [0.717, 1.165) is 42.8 Å². The van der Waals surface area contributed by atoms with Gasteiger partial charge in [0.25, 0.3) is 5.91 Å². The number of aromatic nitrogens is 1. The van der Waals surface area contributed by atoms with Crippen LogP contribution in [0.1, 0.15) is 42.6 Å². The minimum Gasteiger partial charge on any atom is -0.440 e. The first-order valence-electron chi connectivity index (χ1n) is 8.98. The summed E-state index contributed by atoms with van der Waals surface area (Å²) in [6.45, 7) is 2.08. The van der Waals surface area contributed by atoms with Gasteiger partial charge in [0.15, 0.2) is 5.88 Å². The lowest BCUT2D eigenvalue weighted by Crippen LogP contribution is -2.43. The third kappa shape index (κ3) is 2.36. The largest absolute Gasteiger partial charge is 0.440 e. The van der Waals surface area contributed by atoms with Crippen LogP contribution in [0.5, 0.6) is 0 Å². The summed E-state index contributed by atoms with van der Waals surface area (Å²) in [6, 6.07) is 5.02. The molecule has 2 aromatic heterocycles. The van der Waals surface area contributed by atoms with Crippen molar-refractivity contribution in [1.29, 1.82) is 0 Å². The molecule has 24 heavy (non-hydrogen) atoms. The zero-order valence-corrected chi connectivity index (χ0v) is 13.6. The Balaban J connectivity index is 1.35. The SMILES string of the molecule is O=C(N[C@@H]1C[C@H]2CC[C@@H]1N2)c1cc2oc(N3CCCC3)cc2cn1. The predicted molar refractivity (Wildman–Crippen MR) is 91.3 cm³/mol. The summed E-state index contributed by atoms with van der Waals surface area (Å²) in [5, 5.41) is 7.63. The van der Waals surface area contributed by atoms with E-state index in [4.69, 9.17) is 4.42 Å². The number of hydrogen-bond donors (Lipinski definition) is 2. The summed E-state index contributed by atoms with van der Waals surface area (Å²) in [5.74, 6) is 0.787. The van der Waals surface area contributed by atoms with Gasteiger partial charge in [-0.1, -0.05) is 0 Å². The third-order valence-electron chi connectivity index (χ3n) is 5.66. The van der Waals surface area contributed by atoms with Crippen molar-refractivity contribution in [2.24, 2.45) is 0 Å². The molecule has 2 N–H and O–H groups in total. The van der Waals surface area contributed by atoms with Gasteiger partial charge in [0, 0.05) is 54.9 Å². The van der Waals surface area contributed by atoms with Crippen LogP contribution >= 0.6 is 0 Å². The second kappa shape index (κ2) is 5.48. The number of furan rings is 1. The van der Waals surface area contributed by atoms with Gasteiger partial charge in [0.1, 0.15) is 11.3 Å². The number of anilines is 1. The lowest BCUT2D eigenvalue weighted by Gasteiger charge is -2.21. The van der Waals surface area contributed by atoms with Crippen molar-refractivity contribution in [2.75, 3.05) is 18.0 Å². The van der Waals surface area contributed by atoms with Gasteiger partial charge in [-0.25, -0.2) is 0 Å². The minimum absolute atomic E-state index is 0.102. The summed E-state index contributed by atoms with van der Waals surface area (Å²) in [7, 11) is 0. The molecule has 2 bridgehead atoms. The van der Waals surface area contributed by atoms with Crippen LogP contribution in [0.4, 0.5) is 5.88 Å². The summed E-state index contributed by atoms with van der Waals surface area (Å²) in [6.07, 6.45) is 7.57. The molecule has 3 fully saturated rings. The fraction of sp³-hybridized carbons (Fsp3) is 0.556. The smallest absolute Gasteiger partial charge is 0.270 e. The van der Waals surface area contributed by atoms with Gasteiger partial charge < -0.3 is 20.0 Å². The topological polar surface area (TPSA) is 70.4 Å². The van der Waals surface area contributed by atoms with Crippen molar-refractivity contribution in [2.45, 2.75) is 50.2 Å². The first-order valence-corrected chi connectivity index (χ1v) is 8.98. The van der Waals surface area contributed by atoms with Gasteiger partial charge in [0.2, 0.25) is 0 Å². The van der Waals surface area contributed by atoms with Gasteiger partial charge in [0.05, 0.1) is 0 Å². The normalized spacial score (nSPS) is 28.8. The molecule has 3 aliphatic rings. The Morgan fingerprint density at radius 1 is 1.29 bits per heavy atom. The molecule has 126 valence electrons. The summed E-state index contributed by atoms with van der Waals surface area (Å²) < 4.78 is 5.96. The Kier molecular flexibility index (Phi) is 3.26. The van der Waals surface area contributed by atoms with E-state index in [1.165, 1.54) is 19.3 Å². The van der Waals surface area contributed by atoms with Crippen molar-refractivity contribution in [1.82, 2.24) is 15.6 Å². The third-order valence-corrected chi connectivity index (χ3v) is 5.66. The van der Waals surface area contributed by atoms with Gasteiger partial charge >= 0.3 is 0 Å². The lowest BCUT2D eigenvalue weighted by molar-refractivity contribution is 0.0926. The maximum absolute atomic E-state index is 12.5. The number of rotatable bonds is 3. The van der Waals surface area contributed by atoms with Crippen LogP contribution in [0, 0.1) is 0 Å².